The van der Waals surface area contributed by atoms with Crippen molar-refractivity contribution < 1.29 is 4.79 Å². The van der Waals surface area contributed by atoms with Crippen LogP contribution >= 0.6 is 11.8 Å². The van der Waals surface area contributed by atoms with E-state index in [1.165, 1.54) is 0 Å². The first-order valence-electron chi connectivity index (χ1n) is 6.55. The van der Waals surface area contributed by atoms with E-state index in [1.54, 1.807) is 17.8 Å². The van der Waals surface area contributed by atoms with Gasteiger partial charge in [-0.05, 0) is 30.5 Å². The summed E-state index contributed by atoms with van der Waals surface area (Å²) >= 11 is 1.58. The lowest BCUT2D eigenvalue weighted by Crippen LogP contribution is -2.35. The second kappa shape index (κ2) is 8.60. The maximum Gasteiger partial charge on any atom is 0.230 e. The number of carbonyl (C=O) groups excluding carboxylic acids is 1. The number of rotatable bonds is 7. The Morgan fingerprint density at radius 3 is 2.79 bits per heavy atom. The molecule has 1 amide bonds. The molecule has 0 aliphatic carbocycles. The van der Waals surface area contributed by atoms with Crippen molar-refractivity contribution in [1.82, 2.24) is 5.32 Å². The highest BCUT2D eigenvalue weighted by molar-refractivity contribution is 7.99. The molecule has 0 saturated carbocycles. The van der Waals surface area contributed by atoms with Crippen LogP contribution in [-0.2, 0) is 10.5 Å². The summed E-state index contributed by atoms with van der Waals surface area (Å²) in [7, 11) is 0. The zero-order valence-electron chi connectivity index (χ0n) is 11.5. The second-order valence-corrected chi connectivity index (χ2v) is 5.37. The Balaban J connectivity index is 2.33. The summed E-state index contributed by atoms with van der Waals surface area (Å²) < 4.78 is 0. The number of hydrogen-bond acceptors (Lipinski definition) is 3. The van der Waals surface area contributed by atoms with Gasteiger partial charge in [-0.1, -0.05) is 26.0 Å². The van der Waals surface area contributed by atoms with Crippen LogP contribution in [0.25, 0.3) is 0 Å². The van der Waals surface area contributed by atoms with Gasteiger partial charge in [0.1, 0.15) is 0 Å². The molecular weight excluding hydrogens is 256 g/mol. The first-order chi connectivity index (χ1) is 9.19. The summed E-state index contributed by atoms with van der Waals surface area (Å²) in [6.45, 7) is 4.16. The molecule has 1 aromatic carbocycles. The van der Waals surface area contributed by atoms with Crippen molar-refractivity contribution in [2.45, 2.75) is 38.5 Å². The molecule has 0 radical (unpaired) electrons. The lowest BCUT2D eigenvalue weighted by Gasteiger charge is -2.14. The number of amides is 1. The van der Waals surface area contributed by atoms with Gasteiger partial charge in [-0.2, -0.15) is 5.26 Å². The predicted molar refractivity (Wildman–Crippen MR) is 79.8 cm³/mol. The number of thioether (sulfide) groups is 1. The van der Waals surface area contributed by atoms with E-state index in [4.69, 9.17) is 5.26 Å². The van der Waals surface area contributed by atoms with Crippen LogP contribution in [0.1, 0.15) is 37.8 Å². The zero-order valence-corrected chi connectivity index (χ0v) is 12.3. The van der Waals surface area contributed by atoms with Gasteiger partial charge in [-0.3, -0.25) is 4.79 Å². The van der Waals surface area contributed by atoms with Crippen molar-refractivity contribution in [1.29, 1.82) is 5.26 Å². The van der Waals surface area contributed by atoms with E-state index >= 15 is 0 Å². The van der Waals surface area contributed by atoms with E-state index < -0.39 is 0 Å². The molecular formula is C15H20N2OS. The Bertz CT molecular complexity index is 450. The molecule has 0 bridgehead atoms. The molecule has 0 heterocycles. The van der Waals surface area contributed by atoms with Gasteiger partial charge in [0.25, 0.3) is 0 Å². The minimum Gasteiger partial charge on any atom is -0.353 e. The Hall–Kier alpha value is -1.47. The highest BCUT2D eigenvalue weighted by atomic mass is 32.2. The lowest BCUT2D eigenvalue weighted by molar-refractivity contribution is -0.119. The fraction of sp³-hybridized carbons (Fsp3) is 0.467. The van der Waals surface area contributed by atoms with Crippen LogP contribution in [-0.4, -0.2) is 17.7 Å². The first kappa shape index (κ1) is 15.6. The van der Waals surface area contributed by atoms with Crippen molar-refractivity contribution in [3.63, 3.8) is 0 Å². The van der Waals surface area contributed by atoms with E-state index in [1.807, 2.05) is 18.2 Å². The van der Waals surface area contributed by atoms with Crippen LogP contribution in [0.2, 0.25) is 0 Å². The van der Waals surface area contributed by atoms with Crippen LogP contribution in [0.15, 0.2) is 24.3 Å². The fourth-order valence-corrected chi connectivity index (χ4v) is 2.54. The van der Waals surface area contributed by atoms with Gasteiger partial charge in [-0.25, -0.2) is 0 Å². The van der Waals surface area contributed by atoms with Gasteiger partial charge in [0.05, 0.1) is 17.4 Å². The molecule has 3 nitrogen and oxygen atoms in total. The number of benzene rings is 1. The third kappa shape index (κ3) is 5.80. The van der Waals surface area contributed by atoms with Crippen molar-refractivity contribution in [3.8, 4) is 6.07 Å². The maximum atomic E-state index is 11.7. The van der Waals surface area contributed by atoms with Crippen molar-refractivity contribution in [2.24, 2.45) is 0 Å². The Labute approximate surface area is 119 Å². The monoisotopic (exact) mass is 276 g/mol. The fourth-order valence-electron chi connectivity index (χ4n) is 1.75. The van der Waals surface area contributed by atoms with E-state index in [0.29, 0.717) is 11.3 Å². The number of hydrogen-bond donors (Lipinski definition) is 1. The molecule has 0 aromatic heterocycles. The van der Waals surface area contributed by atoms with Gasteiger partial charge in [-0.15, -0.1) is 11.8 Å². The summed E-state index contributed by atoms with van der Waals surface area (Å²) in [5, 5.41) is 11.8. The molecule has 1 N–H and O–H groups in total. The largest absolute Gasteiger partial charge is 0.353 e. The molecule has 0 unspecified atom stereocenters. The quantitative estimate of drug-likeness (QED) is 0.832. The second-order valence-electron chi connectivity index (χ2n) is 4.39. The molecule has 0 aliphatic rings. The van der Waals surface area contributed by atoms with E-state index in [2.05, 4.69) is 25.2 Å². The van der Waals surface area contributed by atoms with Crippen LogP contribution < -0.4 is 5.32 Å². The van der Waals surface area contributed by atoms with Gasteiger partial charge in [0.2, 0.25) is 5.91 Å². The van der Waals surface area contributed by atoms with Crippen molar-refractivity contribution >= 4 is 17.7 Å². The van der Waals surface area contributed by atoms with Crippen LogP contribution in [0.5, 0.6) is 0 Å². The molecule has 102 valence electrons. The third-order valence-electron chi connectivity index (χ3n) is 2.91. The molecule has 0 saturated heterocycles. The minimum atomic E-state index is 0.0927. The van der Waals surface area contributed by atoms with Gasteiger partial charge in [0.15, 0.2) is 0 Å². The zero-order chi connectivity index (χ0) is 14.1. The molecule has 0 spiro atoms. The van der Waals surface area contributed by atoms with Gasteiger partial charge in [0, 0.05) is 11.8 Å². The Kier molecular flexibility index (Phi) is 7.06. The lowest BCUT2D eigenvalue weighted by atomic mass is 10.2. The van der Waals surface area contributed by atoms with E-state index in [-0.39, 0.29) is 11.9 Å². The number of nitriles is 1. The van der Waals surface area contributed by atoms with Crippen LogP contribution in [0.3, 0.4) is 0 Å². The summed E-state index contributed by atoms with van der Waals surface area (Å²) in [6, 6.07) is 9.91. The third-order valence-corrected chi connectivity index (χ3v) is 3.91. The standard InChI is InChI=1S/C15H20N2OS/c1-3-14(4-2)17-15(18)11-19-10-13-7-5-6-12(8-13)9-16/h5-8,14H,3-4,10-11H2,1-2H3,(H,17,18). The highest BCUT2D eigenvalue weighted by Gasteiger charge is 2.08. The van der Waals surface area contributed by atoms with Crippen molar-refractivity contribution in [2.75, 3.05) is 5.75 Å². The van der Waals surface area contributed by atoms with Gasteiger partial charge < -0.3 is 5.32 Å². The molecule has 4 heteroatoms. The summed E-state index contributed by atoms with van der Waals surface area (Å²) in [4.78, 5) is 11.7. The van der Waals surface area contributed by atoms with Crippen LogP contribution in [0.4, 0.5) is 0 Å². The average molecular weight is 276 g/mol. The maximum absolute atomic E-state index is 11.7. The predicted octanol–water partition coefficient (Wildman–Crippen LogP) is 3.10. The number of carbonyl (C=O) groups is 1. The molecule has 19 heavy (non-hydrogen) atoms. The smallest absolute Gasteiger partial charge is 0.230 e. The molecule has 1 rings (SSSR count). The summed E-state index contributed by atoms with van der Waals surface area (Å²) in [5.74, 6) is 1.31. The SMILES string of the molecule is CCC(CC)NC(=O)CSCc1cccc(C#N)c1. The van der Waals surface area contributed by atoms with Crippen molar-refractivity contribution in [3.05, 3.63) is 35.4 Å². The topological polar surface area (TPSA) is 52.9 Å². The normalized spacial score (nSPS) is 10.2. The summed E-state index contributed by atoms with van der Waals surface area (Å²) in [5.41, 5.74) is 1.75. The Morgan fingerprint density at radius 1 is 1.42 bits per heavy atom. The van der Waals surface area contributed by atoms with Gasteiger partial charge >= 0.3 is 0 Å². The highest BCUT2D eigenvalue weighted by Crippen LogP contribution is 2.13. The molecule has 0 fully saturated rings. The van der Waals surface area contributed by atoms with E-state index in [0.717, 1.165) is 24.2 Å². The first-order valence-corrected chi connectivity index (χ1v) is 7.71. The van der Waals surface area contributed by atoms with Crippen LogP contribution in [0, 0.1) is 11.3 Å². The molecule has 1 aromatic rings. The molecule has 0 atom stereocenters. The Morgan fingerprint density at radius 2 is 2.16 bits per heavy atom. The number of nitrogens with one attached hydrogen (secondary N) is 1. The average Bonchev–Trinajstić information content (AvgIpc) is 2.45. The minimum absolute atomic E-state index is 0.0927. The number of nitrogens with zero attached hydrogens (tertiary/aromatic N) is 1. The molecule has 0 aliphatic heterocycles. The van der Waals surface area contributed by atoms with E-state index in [9.17, 15) is 4.79 Å². The summed E-state index contributed by atoms with van der Waals surface area (Å²) in [6.07, 6.45) is 1.94.